The summed E-state index contributed by atoms with van der Waals surface area (Å²) in [5, 5.41) is 9.22. The molecule has 3 N–H and O–H groups in total. The summed E-state index contributed by atoms with van der Waals surface area (Å²) in [5.41, 5.74) is 7.26. The lowest BCUT2D eigenvalue weighted by Crippen LogP contribution is -2.53. The van der Waals surface area contributed by atoms with Crippen molar-refractivity contribution in [3.05, 3.63) is 29.8 Å². The number of aromatic hydroxyl groups is 1. The molecule has 0 amide bonds. The van der Waals surface area contributed by atoms with Crippen LogP contribution in [0.2, 0.25) is 0 Å². The second-order valence-electron chi connectivity index (χ2n) is 4.89. The van der Waals surface area contributed by atoms with Crippen LogP contribution < -0.4 is 5.73 Å². The molecule has 1 fully saturated rings. The normalized spacial score (nSPS) is 20.9. The van der Waals surface area contributed by atoms with Crippen molar-refractivity contribution in [2.75, 3.05) is 13.1 Å². The maximum Gasteiger partial charge on any atom is 0.115 e. The summed E-state index contributed by atoms with van der Waals surface area (Å²) in [5.74, 6) is 0.309. The third-order valence-corrected chi connectivity index (χ3v) is 3.33. The monoisotopic (exact) mass is 220 g/mol. The minimum absolute atomic E-state index is 0.270. The molecule has 1 aliphatic rings. The van der Waals surface area contributed by atoms with Gasteiger partial charge in [-0.2, -0.15) is 0 Å². The van der Waals surface area contributed by atoms with Gasteiger partial charge in [-0.15, -0.1) is 0 Å². The van der Waals surface area contributed by atoms with Gasteiger partial charge in [0.15, 0.2) is 0 Å². The number of hydrogen-bond acceptors (Lipinski definition) is 3. The van der Waals surface area contributed by atoms with Crippen molar-refractivity contribution in [3.63, 3.8) is 0 Å². The molecule has 3 nitrogen and oxygen atoms in total. The average molecular weight is 220 g/mol. The molecule has 0 bridgehead atoms. The molecule has 1 unspecified atom stereocenters. The Morgan fingerprint density at radius 2 is 1.81 bits per heavy atom. The summed E-state index contributed by atoms with van der Waals surface area (Å²) in [6.07, 6.45) is 3.33. The lowest BCUT2D eigenvalue weighted by atomic mass is 10.0. The molecule has 1 aromatic rings. The minimum atomic E-state index is -0.270. The van der Waals surface area contributed by atoms with Gasteiger partial charge in [-0.25, -0.2) is 0 Å². The number of rotatable bonds is 3. The number of nitrogens with zero attached hydrogens (tertiary/aromatic N) is 1. The van der Waals surface area contributed by atoms with Crippen LogP contribution in [0.5, 0.6) is 5.75 Å². The molecule has 1 atom stereocenters. The molecule has 88 valence electrons. The van der Waals surface area contributed by atoms with Gasteiger partial charge in [0, 0.05) is 6.42 Å². The number of phenolic OH excluding ortho intramolecular Hbond substituents is 1. The van der Waals surface area contributed by atoms with E-state index in [2.05, 4.69) is 11.8 Å². The molecule has 2 rings (SSSR count). The van der Waals surface area contributed by atoms with Gasteiger partial charge in [0.2, 0.25) is 0 Å². The number of phenols is 1. The van der Waals surface area contributed by atoms with Gasteiger partial charge < -0.3 is 10.8 Å². The van der Waals surface area contributed by atoms with Crippen molar-refractivity contribution < 1.29 is 5.11 Å². The first-order chi connectivity index (χ1) is 7.58. The Kier molecular flexibility index (Phi) is 3.17. The van der Waals surface area contributed by atoms with Crippen molar-refractivity contribution in [2.24, 2.45) is 5.73 Å². The highest BCUT2D eigenvalue weighted by atomic mass is 16.3. The highest BCUT2D eigenvalue weighted by Crippen LogP contribution is 2.21. The molecule has 0 aliphatic carbocycles. The van der Waals surface area contributed by atoms with Crippen LogP contribution in [0.25, 0.3) is 0 Å². The Labute approximate surface area is 96.9 Å². The fourth-order valence-electron chi connectivity index (χ4n) is 2.37. The van der Waals surface area contributed by atoms with Gasteiger partial charge in [-0.05, 0) is 50.6 Å². The molecular weight excluding hydrogens is 200 g/mol. The second kappa shape index (κ2) is 4.44. The smallest absolute Gasteiger partial charge is 0.115 e. The molecule has 1 aliphatic heterocycles. The largest absolute Gasteiger partial charge is 0.508 e. The Morgan fingerprint density at radius 3 is 2.38 bits per heavy atom. The van der Waals surface area contributed by atoms with Crippen molar-refractivity contribution in [2.45, 2.75) is 31.8 Å². The van der Waals surface area contributed by atoms with Gasteiger partial charge in [0.25, 0.3) is 0 Å². The van der Waals surface area contributed by atoms with E-state index in [1.165, 1.54) is 18.4 Å². The van der Waals surface area contributed by atoms with Crippen LogP contribution in [0.15, 0.2) is 24.3 Å². The Bertz CT molecular complexity index is 339. The molecule has 1 aromatic carbocycles. The zero-order valence-corrected chi connectivity index (χ0v) is 9.82. The first-order valence-corrected chi connectivity index (χ1v) is 5.90. The summed E-state index contributed by atoms with van der Waals surface area (Å²) in [7, 11) is 0. The molecule has 1 heterocycles. The molecule has 1 saturated heterocycles. The Balaban J connectivity index is 2.04. The summed E-state index contributed by atoms with van der Waals surface area (Å²) in [6.45, 7) is 4.29. The first-order valence-electron chi connectivity index (χ1n) is 5.90. The van der Waals surface area contributed by atoms with Crippen LogP contribution in [0.4, 0.5) is 0 Å². The molecule has 0 saturated carbocycles. The maximum absolute atomic E-state index is 9.22. The summed E-state index contributed by atoms with van der Waals surface area (Å²) in [4.78, 5) is 2.35. The number of likely N-dealkylation sites (tertiary alicyclic amines) is 1. The van der Waals surface area contributed by atoms with E-state index in [0.29, 0.717) is 5.75 Å². The molecule has 0 radical (unpaired) electrons. The van der Waals surface area contributed by atoms with E-state index in [4.69, 9.17) is 5.73 Å². The van der Waals surface area contributed by atoms with E-state index < -0.39 is 0 Å². The van der Waals surface area contributed by atoms with Crippen LogP contribution in [0.3, 0.4) is 0 Å². The number of nitrogens with two attached hydrogens (primary N) is 1. The predicted octanol–water partition coefficient (Wildman–Crippen LogP) is 1.71. The van der Waals surface area contributed by atoms with E-state index in [-0.39, 0.29) is 5.66 Å². The SMILES string of the molecule is CC(N)(Cc1ccc(O)cc1)N1CCCC1. The summed E-state index contributed by atoms with van der Waals surface area (Å²) in [6, 6.07) is 7.32. The van der Waals surface area contributed by atoms with Gasteiger partial charge in [-0.1, -0.05) is 12.1 Å². The van der Waals surface area contributed by atoms with E-state index >= 15 is 0 Å². The Morgan fingerprint density at radius 1 is 1.25 bits per heavy atom. The Hall–Kier alpha value is -1.06. The van der Waals surface area contributed by atoms with E-state index in [1.54, 1.807) is 12.1 Å². The fraction of sp³-hybridized carbons (Fsp3) is 0.538. The zero-order chi connectivity index (χ0) is 11.6. The third kappa shape index (κ3) is 2.54. The fourth-order valence-corrected chi connectivity index (χ4v) is 2.37. The molecule has 16 heavy (non-hydrogen) atoms. The quantitative estimate of drug-likeness (QED) is 0.815. The van der Waals surface area contributed by atoms with Crippen molar-refractivity contribution in [3.8, 4) is 5.75 Å². The molecule has 0 aromatic heterocycles. The van der Waals surface area contributed by atoms with Crippen LogP contribution in [0.1, 0.15) is 25.3 Å². The first kappa shape index (κ1) is 11.4. The van der Waals surface area contributed by atoms with Crippen LogP contribution in [0, 0.1) is 0 Å². The summed E-state index contributed by atoms with van der Waals surface area (Å²) >= 11 is 0. The topological polar surface area (TPSA) is 49.5 Å². The predicted molar refractivity (Wildman–Crippen MR) is 65.2 cm³/mol. The molecular formula is C13H20N2O. The average Bonchev–Trinajstić information content (AvgIpc) is 2.75. The van der Waals surface area contributed by atoms with Crippen molar-refractivity contribution in [1.29, 1.82) is 0 Å². The van der Waals surface area contributed by atoms with Crippen molar-refractivity contribution >= 4 is 0 Å². The van der Waals surface area contributed by atoms with Gasteiger partial charge in [-0.3, -0.25) is 4.90 Å². The molecule has 0 spiro atoms. The maximum atomic E-state index is 9.22. The summed E-state index contributed by atoms with van der Waals surface area (Å²) < 4.78 is 0. The highest BCUT2D eigenvalue weighted by molar-refractivity contribution is 5.27. The van der Waals surface area contributed by atoms with Gasteiger partial charge in [0.05, 0.1) is 5.66 Å². The van der Waals surface area contributed by atoms with E-state index in [0.717, 1.165) is 19.5 Å². The lowest BCUT2D eigenvalue weighted by molar-refractivity contribution is 0.142. The zero-order valence-electron chi connectivity index (χ0n) is 9.82. The second-order valence-corrected chi connectivity index (χ2v) is 4.89. The minimum Gasteiger partial charge on any atom is -0.508 e. The van der Waals surface area contributed by atoms with Gasteiger partial charge in [0.1, 0.15) is 5.75 Å². The van der Waals surface area contributed by atoms with Crippen LogP contribution >= 0.6 is 0 Å². The third-order valence-electron chi connectivity index (χ3n) is 3.33. The van der Waals surface area contributed by atoms with Crippen LogP contribution in [-0.2, 0) is 6.42 Å². The molecule has 3 heteroatoms. The van der Waals surface area contributed by atoms with Crippen molar-refractivity contribution in [1.82, 2.24) is 4.90 Å². The standard InChI is InChI=1S/C13H20N2O/c1-13(14,15-8-2-3-9-15)10-11-4-6-12(16)7-5-11/h4-7,16H,2-3,8-10,14H2,1H3. The van der Waals surface area contributed by atoms with E-state index in [9.17, 15) is 5.11 Å². The lowest BCUT2D eigenvalue weighted by Gasteiger charge is -2.35. The highest BCUT2D eigenvalue weighted by Gasteiger charge is 2.29. The van der Waals surface area contributed by atoms with Gasteiger partial charge >= 0.3 is 0 Å². The van der Waals surface area contributed by atoms with E-state index in [1.807, 2.05) is 12.1 Å². The number of hydrogen-bond donors (Lipinski definition) is 2. The number of benzene rings is 1. The van der Waals surface area contributed by atoms with Crippen LogP contribution in [-0.4, -0.2) is 28.8 Å².